The first-order valence-electron chi connectivity index (χ1n) is 8.54. The van der Waals surface area contributed by atoms with Crippen LogP contribution in [0.3, 0.4) is 0 Å². The molecule has 1 atom stereocenters. The van der Waals surface area contributed by atoms with Gasteiger partial charge in [-0.25, -0.2) is 9.97 Å². The molecule has 3 rings (SSSR count). The number of nitrogens with zero attached hydrogens (tertiary/aromatic N) is 4. The van der Waals surface area contributed by atoms with Crippen LogP contribution in [0, 0.1) is 11.3 Å². The maximum Gasteiger partial charge on any atom is 0.227 e. The van der Waals surface area contributed by atoms with Crippen molar-refractivity contribution in [1.29, 1.82) is 0 Å². The van der Waals surface area contributed by atoms with E-state index in [0.717, 1.165) is 49.6 Å². The van der Waals surface area contributed by atoms with Crippen LogP contribution in [0.5, 0.6) is 0 Å². The van der Waals surface area contributed by atoms with Crippen molar-refractivity contribution in [3.05, 3.63) is 30.5 Å². The summed E-state index contributed by atoms with van der Waals surface area (Å²) in [5.41, 5.74) is 1.43. The second kappa shape index (κ2) is 6.71. The number of H-pyrrole nitrogens is 1. The van der Waals surface area contributed by atoms with Gasteiger partial charge in [-0.15, -0.1) is 0 Å². The van der Waals surface area contributed by atoms with E-state index in [1.807, 2.05) is 25.7 Å². The van der Waals surface area contributed by atoms with Crippen molar-refractivity contribution in [2.24, 2.45) is 11.3 Å². The van der Waals surface area contributed by atoms with Crippen LogP contribution >= 0.6 is 0 Å². The predicted molar refractivity (Wildman–Crippen MR) is 92.1 cm³/mol. The number of piperidine rings is 1. The van der Waals surface area contributed by atoms with E-state index in [9.17, 15) is 4.79 Å². The Bertz CT molecular complexity index is 690. The Morgan fingerprint density at radius 3 is 2.75 bits per heavy atom. The summed E-state index contributed by atoms with van der Waals surface area (Å²) in [6, 6.07) is 0. The third kappa shape index (κ3) is 3.63. The van der Waals surface area contributed by atoms with Gasteiger partial charge in [0, 0.05) is 43.3 Å². The lowest BCUT2D eigenvalue weighted by Crippen LogP contribution is -2.45. The van der Waals surface area contributed by atoms with Crippen LogP contribution in [-0.2, 0) is 11.2 Å². The molecule has 0 saturated carbocycles. The van der Waals surface area contributed by atoms with Gasteiger partial charge in [0.05, 0.1) is 5.69 Å². The summed E-state index contributed by atoms with van der Waals surface area (Å²) >= 11 is 0. The lowest BCUT2D eigenvalue weighted by Gasteiger charge is -2.36. The summed E-state index contributed by atoms with van der Waals surface area (Å²) in [4.78, 5) is 30.9. The normalized spacial score (nSPS) is 18.6. The number of hydrogen-bond donors (Lipinski definition) is 1. The van der Waals surface area contributed by atoms with Gasteiger partial charge in [-0.05, 0) is 25.2 Å². The van der Waals surface area contributed by atoms with Crippen molar-refractivity contribution in [2.45, 2.75) is 40.0 Å². The molecule has 1 unspecified atom stereocenters. The van der Waals surface area contributed by atoms with Gasteiger partial charge in [0.25, 0.3) is 0 Å². The van der Waals surface area contributed by atoms with Gasteiger partial charge in [-0.3, -0.25) is 9.78 Å². The van der Waals surface area contributed by atoms with Gasteiger partial charge in [0.1, 0.15) is 5.69 Å². The first-order chi connectivity index (χ1) is 11.4. The first-order valence-corrected chi connectivity index (χ1v) is 8.54. The molecule has 128 valence electrons. The Morgan fingerprint density at radius 2 is 2.04 bits per heavy atom. The minimum Gasteiger partial charge on any atom is -0.343 e. The van der Waals surface area contributed by atoms with Crippen molar-refractivity contribution in [2.75, 3.05) is 13.1 Å². The topological polar surface area (TPSA) is 74.8 Å². The number of hydrogen-bond acceptors (Lipinski definition) is 4. The van der Waals surface area contributed by atoms with Crippen LogP contribution in [0.2, 0.25) is 0 Å². The summed E-state index contributed by atoms with van der Waals surface area (Å²) in [6.45, 7) is 7.60. The Balaban J connectivity index is 1.74. The van der Waals surface area contributed by atoms with E-state index in [-0.39, 0.29) is 11.3 Å². The highest BCUT2D eigenvalue weighted by Gasteiger charge is 2.31. The van der Waals surface area contributed by atoms with Crippen molar-refractivity contribution >= 4 is 5.91 Å². The Hall–Kier alpha value is -2.24. The van der Waals surface area contributed by atoms with Crippen LogP contribution in [0.15, 0.2) is 24.8 Å². The minimum absolute atomic E-state index is 0.234. The Labute approximate surface area is 142 Å². The number of likely N-dealkylation sites (tertiary alicyclic amines) is 1. The highest BCUT2D eigenvalue weighted by atomic mass is 16.2. The van der Waals surface area contributed by atoms with E-state index in [1.54, 1.807) is 24.8 Å². The third-order valence-corrected chi connectivity index (χ3v) is 4.43. The quantitative estimate of drug-likeness (QED) is 0.940. The van der Waals surface area contributed by atoms with Crippen LogP contribution in [0.25, 0.3) is 11.5 Å². The molecule has 1 amide bonds. The first kappa shape index (κ1) is 16.6. The summed E-state index contributed by atoms with van der Waals surface area (Å²) in [5.74, 6) is 1.39. The number of amides is 1. The van der Waals surface area contributed by atoms with Crippen molar-refractivity contribution in [3.63, 3.8) is 0 Å². The maximum atomic E-state index is 12.6. The minimum atomic E-state index is -0.326. The second-order valence-corrected chi connectivity index (χ2v) is 7.50. The lowest BCUT2D eigenvalue weighted by atomic mass is 9.89. The van der Waals surface area contributed by atoms with Crippen molar-refractivity contribution < 1.29 is 4.79 Å². The van der Waals surface area contributed by atoms with Crippen molar-refractivity contribution in [3.8, 4) is 11.5 Å². The summed E-state index contributed by atoms with van der Waals surface area (Å²) in [7, 11) is 0. The molecule has 0 aromatic carbocycles. The molecule has 0 spiro atoms. The summed E-state index contributed by atoms with van der Waals surface area (Å²) in [5, 5.41) is 0. The fourth-order valence-electron chi connectivity index (χ4n) is 3.27. The fourth-order valence-corrected chi connectivity index (χ4v) is 3.27. The monoisotopic (exact) mass is 327 g/mol. The van der Waals surface area contributed by atoms with Gasteiger partial charge >= 0.3 is 0 Å². The van der Waals surface area contributed by atoms with E-state index in [1.165, 1.54) is 0 Å². The predicted octanol–water partition coefficient (Wildman–Crippen LogP) is 2.69. The molecule has 1 N–H and O–H groups in total. The molecule has 2 aromatic rings. The zero-order chi connectivity index (χ0) is 17.2. The highest BCUT2D eigenvalue weighted by Crippen LogP contribution is 2.27. The maximum absolute atomic E-state index is 12.6. The molecule has 6 nitrogen and oxygen atoms in total. The largest absolute Gasteiger partial charge is 0.343 e. The molecule has 0 bridgehead atoms. The van der Waals surface area contributed by atoms with Gasteiger partial charge in [0.2, 0.25) is 5.91 Å². The van der Waals surface area contributed by atoms with E-state index in [0.29, 0.717) is 5.92 Å². The SMILES string of the molecule is CC(C)(C)C(=O)N1CCCC(Cc2nccnc2-c2ncc[nH]2)C1. The van der Waals surface area contributed by atoms with E-state index in [4.69, 9.17) is 0 Å². The van der Waals surface area contributed by atoms with E-state index >= 15 is 0 Å². The molecule has 24 heavy (non-hydrogen) atoms. The average molecular weight is 327 g/mol. The molecule has 1 saturated heterocycles. The summed E-state index contributed by atoms with van der Waals surface area (Å²) < 4.78 is 0. The number of aromatic amines is 1. The Kier molecular flexibility index (Phi) is 4.64. The number of carbonyl (C=O) groups excluding carboxylic acids is 1. The molecule has 6 heteroatoms. The fraction of sp³-hybridized carbons (Fsp3) is 0.556. The smallest absolute Gasteiger partial charge is 0.227 e. The van der Waals surface area contributed by atoms with Crippen LogP contribution < -0.4 is 0 Å². The average Bonchev–Trinajstić information content (AvgIpc) is 3.08. The van der Waals surface area contributed by atoms with Crippen molar-refractivity contribution in [1.82, 2.24) is 24.8 Å². The molecule has 1 aliphatic rings. The second-order valence-electron chi connectivity index (χ2n) is 7.50. The van der Waals surface area contributed by atoms with E-state index in [2.05, 4.69) is 19.9 Å². The lowest BCUT2D eigenvalue weighted by molar-refractivity contribution is -0.141. The number of carbonyl (C=O) groups is 1. The Morgan fingerprint density at radius 1 is 1.25 bits per heavy atom. The number of rotatable bonds is 3. The molecule has 2 aromatic heterocycles. The molecule has 0 radical (unpaired) electrons. The van der Waals surface area contributed by atoms with Crippen LogP contribution in [0.1, 0.15) is 39.3 Å². The summed E-state index contributed by atoms with van der Waals surface area (Å²) in [6.07, 6.45) is 9.90. The molecule has 0 aliphatic carbocycles. The zero-order valence-corrected chi connectivity index (χ0v) is 14.6. The number of nitrogens with one attached hydrogen (secondary N) is 1. The molecule has 3 heterocycles. The molecular formula is C18H25N5O. The van der Waals surface area contributed by atoms with Gasteiger partial charge in [-0.1, -0.05) is 20.8 Å². The van der Waals surface area contributed by atoms with Crippen LogP contribution in [0.4, 0.5) is 0 Å². The highest BCUT2D eigenvalue weighted by molar-refractivity contribution is 5.81. The van der Waals surface area contributed by atoms with Gasteiger partial charge in [0.15, 0.2) is 5.82 Å². The number of aromatic nitrogens is 4. The zero-order valence-electron chi connectivity index (χ0n) is 14.6. The molecular weight excluding hydrogens is 302 g/mol. The van der Waals surface area contributed by atoms with Gasteiger partial charge < -0.3 is 9.88 Å². The van der Waals surface area contributed by atoms with E-state index < -0.39 is 0 Å². The standard InChI is InChI=1S/C18H25N5O/c1-18(2,3)17(24)23-10-4-5-13(12-23)11-14-15(20-7-6-19-14)16-21-8-9-22-16/h6-9,13H,4-5,10-12H2,1-3H3,(H,21,22). The third-order valence-electron chi connectivity index (χ3n) is 4.43. The number of imidazole rings is 1. The van der Waals surface area contributed by atoms with Crippen LogP contribution in [-0.4, -0.2) is 43.8 Å². The van der Waals surface area contributed by atoms with Gasteiger partial charge in [-0.2, -0.15) is 0 Å². The molecule has 1 aliphatic heterocycles. The molecule has 1 fully saturated rings.